The molecular formula is C18H31IN4O2. The van der Waals surface area contributed by atoms with Gasteiger partial charge in [-0.3, -0.25) is 4.90 Å². The standard InChI is InChI=1S/C18H30N4O2.HI/c1-4-15(22-9-5-6-10-22)13-21-18(19)20-12-14-7-8-16(23-2)17(11-14)24-3;/h7-8,11,15H,4-6,9-10,12-13H2,1-3H3,(H3,19,20,21);1H. The Hall–Kier alpha value is -1.22. The molecule has 1 saturated heterocycles. The van der Waals surface area contributed by atoms with Gasteiger partial charge in [0.15, 0.2) is 17.5 Å². The Balaban J connectivity index is 0.00000312. The Kier molecular flexibility index (Phi) is 9.96. The van der Waals surface area contributed by atoms with Gasteiger partial charge >= 0.3 is 0 Å². The van der Waals surface area contributed by atoms with Gasteiger partial charge in [0.2, 0.25) is 0 Å². The van der Waals surface area contributed by atoms with E-state index < -0.39 is 0 Å². The summed E-state index contributed by atoms with van der Waals surface area (Å²) in [4.78, 5) is 6.96. The molecule has 1 heterocycles. The summed E-state index contributed by atoms with van der Waals surface area (Å²) in [5.41, 5.74) is 7.05. The first-order valence-electron chi connectivity index (χ1n) is 8.66. The first kappa shape index (κ1) is 21.8. The van der Waals surface area contributed by atoms with Gasteiger partial charge in [-0.1, -0.05) is 13.0 Å². The Bertz CT molecular complexity index is 548. The van der Waals surface area contributed by atoms with E-state index in [1.807, 2.05) is 18.2 Å². The van der Waals surface area contributed by atoms with Crippen LogP contribution in [0.4, 0.5) is 0 Å². The van der Waals surface area contributed by atoms with E-state index in [4.69, 9.17) is 15.2 Å². The molecule has 0 aliphatic carbocycles. The molecule has 3 N–H and O–H groups in total. The van der Waals surface area contributed by atoms with Crippen LogP contribution >= 0.6 is 24.0 Å². The molecular weight excluding hydrogens is 431 g/mol. The van der Waals surface area contributed by atoms with Crippen LogP contribution < -0.4 is 20.5 Å². The van der Waals surface area contributed by atoms with Gasteiger partial charge in [0.05, 0.1) is 20.8 Å². The molecule has 25 heavy (non-hydrogen) atoms. The first-order valence-corrected chi connectivity index (χ1v) is 8.66. The number of nitrogens with two attached hydrogens (primary N) is 1. The summed E-state index contributed by atoms with van der Waals surface area (Å²) in [5, 5.41) is 3.26. The largest absolute Gasteiger partial charge is 0.493 e. The van der Waals surface area contributed by atoms with Crippen LogP contribution in [0.3, 0.4) is 0 Å². The van der Waals surface area contributed by atoms with Crippen LogP contribution in [0.2, 0.25) is 0 Å². The third kappa shape index (κ3) is 6.54. The summed E-state index contributed by atoms with van der Waals surface area (Å²) in [5.74, 6) is 1.91. The zero-order valence-corrected chi connectivity index (χ0v) is 17.8. The summed E-state index contributed by atoms with van der Waals surface area (Å²) in [7, 11) is 3.26. The van der Waals surface area contributed by atoms with Crippen LogP contribution in [-0.4, -0.2) is 50.8 Å². The van der Waals surface area contributed by atoms with Crippen LogP contribution in [0.25, 0.3) is 0 Å². The lowest BCUT2D eigenvalue weighted by molar-refractivity contribution is 0.236. The molecule has 1 atom stereocenters. The van der Waals surface area contributed by atoms with Crippen molar-refractivity contribution in [3.63, 3.8) is 0 Å². The summed E-state index contributed by atoms with van der Waals surface area (Å²) in [6.45, 7) is 5.98. The maximum absolute atomic E-state index is 6.01. The maximum atomic E-state index is 6.01. The van der Waals surface area contributed by atoms with Crippen molar-refractivity contribution in [1.29, 1.82) is 0 Å². The minimum absolute atomic E-state index is 0. The molecule has 2 rings (SSSR count). The number of nitrogens with one attached hydrogen (secondary N) is 1. The predicted molar refractivity (Wildman–Crippen MR) is 113 cm³/mol. The van der Waals surface area contributed by atoms with Crippen molar-refractivity contribution in [2.24, 2.45) is 10.7 Å². The number of hydrogen-bond donors (Lipinski definition) is 2. The number of guanidine groups is 1. The summed E-state index contributed by atoms with van der Waals surface area (Å²) >= 11 is 0. The fraction of sp³-hybridized carbons (Fsp3) is 0.611. The van der Waals surface area contributed by atoms with Crippen LogP contribution in [0.1, 0.15) is 31.7 Å². The van der Waals surface area contributed by atoms with Crippen LogP contribution in [0.15, 0.2) is 23.2 Å². The van der Waals surface area contributed by atoms with Crippen molar-refractivity contribution in [2.75, 3.05) is 33.9 Å². The fourth-order valence-electron chi connectivity index (χ4n) is 3.07. The molecule has 0 amide bonds. The molecule has 0 saturated carbocycles. The monoisotopic (exact) mass is 462 g/mol. The molecule has 1 aliphatic rings. The molecule has 142 valence electrons. The third-order valence-electron chi connectivity index (χ3n) is 4.53. The Morgan fingerprint density at radius 1 is 1.24 bits per heavy atom. The van der Waals surface area contributed by atoms with E-state index in [0.29, 0.717) is 30.0 Å². The third-order valence-corrected chi connectivity index (χ3v) is 4.53. The number of halogens is 1. The topological polar surface area (TPSA) is 72.1 Å². The zero-order chi connectivity index (χ0) is 17.4. The molecule has 7 heteroatoms. The molecule has 1 aromatic carbocycles. The average Bonchev–Trinajstić information content (AvgIpc) is 3.14. The van der Waals surface area contributed by atoms with Crippen molar-refractivity contribution < 1.29 is 9.47 Å². The quantitative estimate of drug-likeness (QED) is 0.353. The average molecular weight is 462 g/mol. The smallest absolute Gasteiger partial charge is 0.188 e. The van der Waals surface area contributed by atoms with Gasteiger partial charge in [0, 0.05) is 12.6 Å². The van der Waals surface area contributed by atoms with Gasteiger partial charge in [-0.15, -0.1) is 24.0 Å². The van der Waals surface area contributed by atoms with Crippen LogP contribution in [0, 0.1) is 0 Å². The van der Waals surface area contributed by atoms with Crippen LogP contribution in [-0.2, 0) is 6.54 Å². The predicted octanol–water partition coefficient (Wildman–Crippen LogP) is 2.60. The van der Waals surface area contributed by atoms with Crippen LogP contribution in [0.5, 0.6) is 11.5 Å². The summed E-state index contributed by atoms with van der Waals surface area (Å²) < 4.78 is 10.5. The number of methoxy groups -OCH3 is 2. The molecule has 1 unspecified atom stereocenters. The number of nitrogens with zero attached hydrogens (tertiary/aromatic N) is 2. The van der Waals surface area contributed by atoms with Crippen molar-refractivity contribution >= 4 is 29.9 Å². The highest BCUT2D eigenvalue weighted by Gasteiger charge is 2.20. The molecule has 1 aliphatic heterocycles. The maximum Gasteiger partial charge on any atom is 0.188 e. The lowest BCUT2D eigenvalue weighted by atomic mass is 10.2. The van der Waals surface area contributed by atoms with E-state index in [1.165, 1.54) is 25.9 Å². The summed E-state index contributed by atoms with van der Waals surface area (Å²) in [6, 6.07) is 6.31. The van der Waals surface area contributed by atoms with Crippen molar-refractivity contribution in [1.82, 2.24) is 10.2 Å². The number of likely N-dealkylation sites (tertiary alicyclic amines) is 1. The Labute approximate surface area is 168 Å². The Morgan fingerprint density at radius 2 is 1.92 bits per heavy atom. The highest BCUT2D eigenvalue weighted by molar-refractivity contribution is 14.0. The Morgan fingerprint density at radius 3 is 2.52 bits per heavy atom. The molecule has 1 aromatic rings. The molecule has 1 fully saturated rings. The second-order valence-corrected chi connectivity index (χ2v) is 6.08. The second-order valence-electron chi connectivity index (χ2n) is 6.08. The van der Waals surface area contributed by atoms with Gasteiger partial charge in [0.25, 0.3) is 0 Å². The molecule has 0 spiro atoms. The number of aliphatic imine (C=N–C) groups is 1. The number of benzene rings is 1. The van der Waals surface area contributed by atoms with E-state index in [0.717, 1.165) is 18.5 Å². The first-order chi connectivity index (χ1) is 11.7. The normalized spacial score (nSPS) is 16.2. The van der Waals surface area contributed by atoms with Crippen molar-refractivity contribution in [2.45, 2.75) is 38.8 Å². The van der Waals surface area contributed by atoms with Crippen molar-refractivity contribution in [3.05, 3.63) is 23.8 Å². The molecule has 0 aromatic heterocycles. The van der Waals surface area contributed by atoms with Gasteiger partial charge in [0.1, 0.15) is 0 Å². The lowest BCUT2D eigenvalue weighted by Gasteiger charge is -2.26. The lowest BCUT2D eigenvalue weighted by Crippen LogP contribution is -2.44. The van der Waals surface area contributed by atoms with Gasteiger partial charge in [-0.2, -0.15) is 0 Å². The van der Waals surface area contributed by atoms with Gasteiger partial charge in [-0.25, -0.2) is 4.99 Å². The second kappa shape index (κ2) is 11.4. The SMILES string of the molecule is CCC(CNC(N)=NCc1ccc(OC)c(OC)c1)N1CCCC1.I. The number of rotatable bonds is 8. The van der Waals surface area contributed by atoms with E-state index in [9.17, 15) is 0 Å². The van der Waals surface area contributed by atoms with Crippen molar-refractivity contribution in [3.8, 4) is 11.5 Å². The zero-order valence-electron chi connectivity index (χ0n) is 15.5. The highest BCUT2D eigenvalue weighted by Crippen LogP contribution is 2.27. The number of ether oxygens (including phenoxy) is 2. The highest BCUT2D eigenvalue weighted by atomic mass is 127. The van der Waals surface area contributed by atoms with Gasteiger partial charge in [-0.05, 0) is 50.0 Å². The molecule has 0 radical (unpaired) electrons. The van der Waals surface area contributed by atoms with E-state index in [2.05, 4.69) is 22.1 Å². The van der Waals surface area contributed by atoms with Gasteiger partial charge < -0.3 is 20.5 Å². The van der Waals surface area contributed by atoms with E-state index in [-0.39, 0.29) is 24.0 Å². The molecule has 0 bridgehead atoms. The fourth-order valence-corrected chi connectivity index (χ4v) is 3.07. The molecule has 6 nitrogen and oxygen atoms in total. The minimum Gasteiger partial charge on any atom is -0.493 e. The van der Waals surface area contributed by atoms with E-state index >= 15 is 0 Å². The summed E-state index contributed by atoms with van der Waals surface area (Å²) in [6.07, 6.45) is 3.73. The van der Waals surface area contributed by atoms with E-state index in [1.54, 1.807) is 14.2 Å². The minimum atomic E-state index is 0. The number of hydrogen-bond acceptors (Lipinski definition) is 4.